The monoisotopic (exact) mass is 219 g/mol. The normalized spacial score (nSPS) is 11.2. The number of allylic oxidation sites excluding steroid dienone is 1. The zero-order chi connectivity index (χ0) is 12.0. The average molecular weight is 219 g/mol. The van der Waals surface area contributed by atoms with E-state index in [4.69, 9.17) is 5.39 Å². The molecule has 0 aromatic heterocycles. The second kappa shape index (κ2) is 5.51. The molecule has 0 saturated carbocycles. The van der Waals surface area contributed by atoms with Gasteiger partial charge in [0.15, 0.2) is 4.98 Å². The van der Waals surface area contributed by atoms with Crippen LogP contribution in [0, 0.1) is 5.39 Å². The number of rotatable bonds is 3. The fourth-order valence-electron chi connectivity index (χ4n) is 1.19. The van der Waals surface area contributed by atoms with Gasteiger partial charge in [-0.05, 0) is 5.56 Å². The van der Waals surface area contributed by atoms with Crippen molar-refractivity contribution < 1.29 is 14.6 Å². The second-order valence-corrected chi connectivity index (χ2v) is 3.05. The third-order valence-corrected chi connectivity index (χ3v) is 1.97. The van der Waals surface area contributed by atoms with E-state index in [1.54, 1.807) is 24.3 Å². The highest BCUT2D eigenvalue weighted by atomic mass is 16.5. The summed E-state index contributed by atoms with van der Waals surface area (Å²) in [5, 5.41) is 18.2. The summed E-state index contributed by atoms with van der Waals surface area (Å²) in [5.74, 6) is -1.21. The standard InChI is InChI=1S/C11H10N2O3/c1-16-11(15)10(13-12)9(14)7-8-5-3-2-4-6-8/h2-6H,7H2,1H3/p+1. The van der Waals surface area contributed by atoms with Crippen LogP contribution in [-0.4, -0.2) is 18.2 Å². The van der Waals surface area contributed by atoms with Crippen molar-refractivity contribution in [2.24, 2.45) is 0 Å². The first-order valence-corrected chi connectivity index (χ1v) is 4.58. The number of aliphatic hydroxyl groups excluding tert-OH is 1. The van der Waals surface area contributed by atoms with Gasteiger partial charge in [-0.3, -0.25) is 0 Å². The molecule has 0 spiro atoms. The maximum Gasteiger partial charge on any atom is 0.505 e. The van der Waals surface area contributed by atoms with Crippen LogP contribution < -0.4 is 0 Å². The molecule has 0 amide bonds. The minimum Gasteiger partial charge on any atom is -0.504 e. The molecule has 0 unspecified atom stereocenters. The SMILES string of the molecule is COC(=O)C([N+]#N)=C(O)Cc1ccccc1. The Hall–Kier alpha value is -2.35. The first-order valence-electron chi connectivity index (χ1n) is 4.58. The summed E-state index contributed by atoms with van der Waals surface area (Å²) in [6.07, 6.45) is 0.106. The molecular weight excluding hydrogens is 208 g/mol. The molecule has 0 heterocycles. The number of diazo groups is 1. The number of nitrogens with zero attached hydrogens (tertiary/aromatic N) is 2. The maximum atomic E-state index is 11.1. The largest absolute Gasteiger partial charge is 0.505 e. The number of ether oxygens (including phenoxy) is 1. The average Bonchev–Trinajstić information content (AvgIpc) is 2.31. The lowest BCUT2D eigenvalue weighted by Gasteiger charge is -1.97. The van der Waals surface area contributed by atoms with E-state index in [-0.39, 0.29) is 12.2 Å². The fraction of sp³-hybridized carbons (Fsp3) is 0.182. The van der Waals surface area contributed by atoms with E-state index in [1.807, 2.05) is 6.07 Å². The van der Waals surface area contributed by atoms with E-state index < -0.39 is 11.7 Å². The summed E-state index contributed by atoms with van der Waals surface area (Å²) < 4.78 is 4.35. The molecule has 5 heteroatoms. The summed E-state index contributed by atoms with van der Waals surface area (Å²) in [6.45, 7) is 0. The molecule has 0 bridgehead atoms. The zero-order valence-electron chi connectivity index (χ0n) is 8.75. The lowest BCUT2D eigenvalue weighted by Crippen LogP contribution is -2.06. The van der Waals surface area contributed by atoms with Crippen molar-refractivity contribution in [1.29, 1.82) is 5.39 Å². The number of hydrogen-bond acceptors (Lipinski definition) is 4. The Bertz CT molecular complexity index is 446. The van der Waals surface area contributed by atoms with Gasteiger partial charge in [0.25, 0.3) is 0 Å². The number of carbonyl (C=O) groups excluding carboxylic acids is 1. The van der Waals surface area contributed by atoms with Crippen LogP contribution in [0.25, 0.3) is 4.98 Å². The van der Waals surface area contributed by atoms with Crippen molar-refractivity contribution in [2.75, 3.05) is 7.11 Å². The Morgan fingerprint density at radius 2 is 2.06 bits per heavy atom. The third kappa shape index (κ3) is 2.82. The summed E-state index contributed by atoms with van der Waals surface area (Å²) in [6, 6.07) is 9.00. The van der Waals surface area contributed by atoms with E-state index in [0.29, 0.717) is 0 Å². The van der Waals surface area contributed by atoms with E-state index in [2.05, 4.69) is 9.71 Å². The van der Waals surface area contributed by atoms with Gasteiger partial charge >= 0.3 is 11.7 Å². The first kappa shape index (κ1) is 11.7. The van der Waals surface area contributed by atoms with Crippen LogP contribution >= 0.6 is 0 Å². The van der Waals surface area contributed by atoms with Crippen molar-refractivity contribution in [3.63, 3.8) is 0 Å². The number of hydrogen-bond donors (Lipinski definition) is 1. The Kier molecular flexibility index (Phi) is 4.04. The van der Waals surface area contributed by atoms with Gasteiger partial charge in [0.1, 0.15) is 0 Å². The first-order chi connectivity index (χ1) is 7.69. The van der Waals surface area contributed by atoms with Gasteiger partial charge in [0.05, 0.1) is 7.11 Å². The van der Waals surface area contributed by atoms with E-state index in [0.717, 1.165) is 12.7 Å². The molecule has 1 rings (SSSR count). The maximum absolute atomic E-state index is 11.1. The van der Waals surface area contributed by atoms with E-state index >= 15 is 0 Å². The smallest absolute Gasteiger partial charge is 0.504 e. The molecule has 0 atom stereocenters. The van der Waals surface area contributed by atoms with Crippen LogP contribution in [0.2, 0.25) is 0 Å². The van der Waals surface area contributed by atoms with E-state index in [9.17, 15) is 9.90 Å². The minimum absolute atomic E-state index is 0.106. The predicted molar refractivity (Wildman–Crippen MR) is 56.9 cm³/mol. The van der Waals surface area contributed by atoms with Crippen LogP contribution in [0.1, 0.15) is 5.56 Å². The molecule has 82 valence electrons. The Labute approximate surface area is 92.6 Å². The molecule has 0 fully saturated rings. The van der Waals surface area contributed by atoms with Gasteiger partial charge in [-0.25, -0.2) is 4.79 Å². The molecule has 0 aliphatic carbocycles. The van der Waals surface area contributed by atoms with Gasteiger partial charge in [-0.2, -0.15) is 0 Å². The van der Waals surface area contributed by atoms with Crippen molar-refractivity contribution >= 4 is 5.97 Å². The Balaban J connectivity index is 2.92. The summed E-state index contributed by atoms with van der Waals surface area (Å²) in [5.41, 5.74) is 0.316. The van der Waals surface area contributed by atoms with Crippen molar-refractivity contribution in [3.05, 3.63) is 52.3 Å². The quantitative estimate of drug-likeness (QED) is 0.365. The molecule has 0 aliphatic rings. The Morgan fingerprint density at radius 3 is 2.56 bits per heavy atom. The van der Waals surface area contributed by atoms with Gasteiger partial charge in [0.2, 0.25) is 11.2 Å². The van der Waals surface area contributed by atoms with Crippen LogP contribution in [0.3, 0.4) is 0 Å². The molecule has 5 nitrogen and oxygen atoms in total. The van der Waals surface area contributed by atoms with E-state index in [1.165, 1.54) is 0 Å². The van der Waals surface area contributed by atoms with Crippen molar-refractivity contribution in [1.82, 2.24) is 0 Å². The van der Waals surface area contributed by atoms with Crippen molar-refractivity contribution in [2.45, 2.75) is 6.42 Å². The van der Waals surface area contributed by atoms with Gasteiger partial charge in [0, 0.05) is 6.42 Å². The lowest BCUT2D eigenvalue weighted by molar-refractivity contribution is -0.135. The topological polar surface area (TPSA) is 74.7 Å². The number of esters is 1. The molecule has 16 heavy (non-hydrogen) atoms. The summed E-state index contributed by atoms with van der Waals surface area (Å²) >= 11 is 0. The molecule has 1 N–H and O–H groups in total. The van der Waals surface area contributed by atoms with Gasteiger partial charge in [-0.15, -0.1) is 0 Å². The zero-order valence-corrected chi connectivity index (χ0v) is 8.75. The van der Waals surface area contributed by atoms with Gasteiger partial charge in [-0.1, -0.05) is 30.3 Å². The third-order valence-electron chi connectivity index (χ3n) is 1.97. The van der Waals surface area contributed by atoms with Crippen LogP contribution in [0.15, 0.2) is 41.8 Å². The second-order valence-electron chi connectivity index (χ2n) is 3.05. The number of benzene rings is 1. The molecule has 0 saturated heterocycles. The predicted octanol–water partition coefficient (Wildman–Crippen LogP) is 2.02. The van der Waals surface area contributed by atoms with Gasteiger partial charge < -0.3 is 9.84 Å². The molecule has 0 radical (unpaired) electrons. The van der Waals surface area contributed by atoms with Crippen LogP contribution in [0.5, 0.6) is 0 Å². The van der Waals surface area contributed by atoms with Crippen LogP contribution in [-0.2, 0) is 16.0 Å². The minimum atomic E-state index is -0.879. The highest BCUT2D eigenvalue weighted by molar-refractivity contribution is 5.90. The number of aliphatic hydroxyl groups is 1. The Morgan fingerprint density at radius 1 is 1.44 bits per heavy atom. The molecule has 1 aromatic carbocycles. The highest BCUT2D eigenvalue weighted by Gasteiger charge is 2.29. The molecule has 0 aliphatic heterocycles. The molecular formula is C11H11N2O3+. The highest BCUT2D eigenvalue weighted by Crippen LogP contribution is 2.12. The summed E-state index contributed by atoms with van der Waals surface area (Å²) in [4.78, 5) is 13.8. The lowest BCUT2D eigenvalue weighted by atomic mass is 10.1. The number of methoxy groups -OCH3 is 1. The summed E-state index contributed by atoms with van der Waals surface area (Å²) in [7, 11) is 1.14. The van der Waals surface area contributed by atoms with Crippen molar-refractivity contribution in [3.8, 4) is 0 Å². The number of carbonyl (C=O) groups is 1. The molecule has 1 aromatic rings. The van der Waals surface area contributed by atoms with Crippen LogP contribution in [0.4, 0.5) is 0 Å². The fourth-order valence-corrected chi connectivity index (χ4v) is 1.19.